The molecule has 1 aromatic heterocycles. The van der Waals surface area contributed by atoms with E-state index in [0.717, 1.165) is 18.5 Å². The Morgan fingerprint density at radius 3 is 2.93 bits per heavy atom. The molecule has 0 spiro atoms. The number of carbonyl (C=O) groups is 1. The molecule has 82 valence electrons. The number of hydrogen-bond acceptors (Lipinski definition) is 3. The fourth-order valence-corrected chi connectivity index (χ4v) is 1.30. The molecule has 0 aromatic carbocycles. The molecular formula is C11H16N2O2. The van der Waals surface area contributed by atoms with Crippen LogP contribution in [0.3, 0.4) is 0 Å². The van der Waals surface area contributed by atoms with Crippen LogP contribution in [-0.4, -0.2) is 21.0 Å². The van der Waals surface area contributed by atoms with Gasteiger partial charge in [0.1, 0.15) is 5.82 Å². The summed E-state index contributed by atoms with van der Waals surface area (Å²) in [6, 6.07) is 1.87. The predicted molar refractivity (Wildman–Crippen MR) is 56.5 cm³/mol. The Morgan fingerprint density at radius 2 is 2.33 bits per heavy atom. The Bertz CT molecular complexity index is 339. The van der Waals surface area contributed by atoms with E-state index in [9.17, 15) is 4.79 Å². The van der Waals surface area contributed by atoms with Gasteiger partial charge in [-0.2, -0.15) is 0 Å². The van der Waals surface area contributed by atoms with Gasteiger partial charge in [-0.1, -0.05) is 20.3 Å². The van der Waals surface area contributed by atoms with Gasteiger partial charge in [-0.25, -0.2) is 9.97 Å². The van der Waals surface area contributed by atoms with Crippen molar-refractivity contribution in [2.24, 2.45) is 5.92 Å². The Kier molecular flexibility index (Phi) is 4.21. The number of carboxylic acids is 1. The molecule has 0 bridgehead atoms. The van der Waals surface area contributed by atoms with E-state index in [2.05, 4.69) is 16.9 Å². The summed E-state index contributed by atoms with van der Waals surface area (Å²) in [5.41, 5.74) is 0.986. The lowest BCUT2D eigenvalue weighted by atomic mass is 10.1. The molecule has 0 aliphatic carbocycles. The van der Waals surface area contributed by atoms with Crippen LogP contribution >= 0.6 is 0 Å². The zero-order chi connectivity index (χ0) is 11.3. The molecule has 4 nitrogen and oxygen atoms in total. The van der Waals surface area contributed by atoms with Crippen LogP contribution in [0, 0.1) is 5.92 Å². The largest absolute Gasteiger partial charge is 0.481 e. The van der Waals surface area contributed by atoms with Crippen molar-refractivity contribution in [1.29, 1.82) is 0 Å². The highest BCUT2D eigenvalue weighted by atomic mass is 16.4. The number of aromatic nitrogens is 2. The van der Waals surface area contributed by atoms with Crippen LogP contribution in [-0.2, 0) is 17.6 Å². The predicted octanol–water partition coefficient (Wildman–Crippen LogP) is 1.69. The van der Waals surface area contributed by atoms with Gasteiger partial charge in [0.15, 0.2) is 0 Å². The topological polar surface area (TPSA) is 63.1 Å². The minimum Gasteiger partial charge on any atom is -0.481 e. The lowest BCUT2D eigenvalue weighted by Gasteiger charge is -2.05. The number of hydrogen-bond donors (Lipinski definition) is 1. The van der Waals surface area contributed by atoms with Crippen molar-refractivity contribution < 1.29 is 9.90 Å². The maximum atomic E-state index is 10.7. The molecule has 1 unspecified atom stereocenters. The maximum absolute atomic E-state index is 10.7. The Balaban J connectivity index is 2.68. The number of aliphatic carboxylic acids is 1. The SMILES string of the molecule is CCCc1ccnc(CC(C)C(=O)O)n1. The summed E-state index contributed by atoms with van der Waals surface area (Å²) in [6.07, 6.45) is 4.04. The molecule has 0 aliphatic rings. The second-order valence-electron chi connectivity index (χ2n) is 3.66. The average molecular weight is 208 g/mol. The first-order valence-corrected chi connectivity index (χ1v) is 5.17. The third-order valence-corrected chi connectivity index (χ3v) is 2.18. The molecular weight excluding hydrogens is 192 g/mol. The lowest BCUT2D eigenvalue weighted by molar-refractivity contribution is -0.141. The number of rotatable bonds is 5. The minimum absolute atomic E-state index is 0.396. The summed E-state index contributed by atoms with van der Waals surface area (Å²) in [5.74, 6) is -0.614. The molecule has 1 rings (SSSR count). The first-order valence-electron chi connectivity index (χ1n) is 5.17. The molecule has 0 amide bonds. The van der Waals surface area contributed by atoms with E-state index in [1.165, 1.54) is 0 Å². The van der Waals surface area contributed by atoms with Crippen LogP contribution in [0.25, 0.3) is 0 Å². The summed E-state index contributed by atoms with van der Waals surface area (Å²) >= 11 is 0. The van der Waals surface area contributed by atoms with Gasteiger partial charge in [0.05, 0.1) is 5.92 Å². The highest BCUT2D eigenvalue weighted by molar-refractivity contribution is 5.69. The summed E-state index contributed by atoms with van der Waals surface area (Å²) in [4.78, 5) is 19.0. The smallest absolute Gasteiger partial charge is 0.306 e. The molecule has 0 radical (unpaired) electrons. The maximum Gasteiger partial charge on any atom is 0.306 e. The van der Waals surface area contributed by atoms with Gasteiger partial charge in [0.25, 0.3) is 0 Å². The standard InChI is InChI=1S/C11H16N2O2/c1-3-4-9-5-6-12-10(13-9)7-8(2)11(14)15/h5-6,8H,3-4,7H2,1-2H3,(H,14,15). The number of carboxylic acid groups (broad SMARTS) is 1. The molecule has 4 heteroatoms. The van der Waals surface area contributed by atoms with Gasteiger partial charge in [-0.3, -0.25) is 4.79 Å². The first-order chi connectivity index (χ1) is 7.13. The van der Waals surface area contributed by atoms with Crippen LogP contribution in [0.5, 0.6) is 0 Å². The quantitative estimate of drug-likeness (QED) is 0.799. The molecule has 1 N–H and O–H groups in total. The highest BCUT2D eigenvalue weighted by Gasteiger charge is 2.13. The number of nitrogens with zero attached hydrogens (tertiary/aromatic N) is 2. The van der Waals surface area contributed by atoms with Gasteiger partial charge in [-0.05, 0) is 12.5 Å². The average Bonchev–Trinajstić information content (AvgIpc) is 2.18. The molecule has 15 heavy (non-hydrogen) atoms. The van der Waals surface area contributed by atoms with E-state index >= 15 is 0 Å². The van der Waals surface area contributed by atoms with Crippen LogP contribution < -0.4 is 0 Å². The van der Waals surface area contributed by atoms with Gasteiger partial charge in [0, 0.05) is 18.3 Å². The molecule has 0 aliphatic heterocycles. The summed E-state index contributed by atoms with van der Waals surface area (Å²) in [5, 5.41) is 8.76. The van der Waals surface area contributed by atoms with Crippen LogP contribution in [0.1, 0.15) is 31.8 Å². The van der Waals surface area contributed by atoms with Gasteiger partial charge < -0.3 is 5.11 Å². The van der Waals surface area contributed by atoms with E-state index in [1.54, 1.807) is 13.1 Å². The minimum atomic E-state index is -0.806. The van der Waals surface area contributed by atoms with E-state index < -0.39 is 11.9 Å². The second-order valence-corrected chi connectivity index (χ2v) is 3.66. The molecule has 1 aromatic rings. The van der Waals surface area contributed by atoms with E-state index in [-0.39, 0.29) is 0 Å². The second kappa shape index (κ2) is 5.44. The van der Waals surface area contributed by atoms with Crippen molar-refractivity contribution in [1.82, 2.24) is 9.97 Å². The van der Waals surface area contributed by atoms with Crippen molar-refractivity contribution in [3.8, 4) is 0 Å². The van der Waals surface area contributed by atoms with Crippen molar-refractivity contribution >= 4 is 5.97 Å². The zero-order valence-electron chi connectivity index (χ0n) is 9.10. The van der Waals surface area contributed by atoms with Gasteiger partial charge in [-0.15, -0.1) is 0 Å². The van der Waals surface area contributed by atoms with Crippen LogP contribution in [0.15, 0.2) is 12.3 Å². The van der Waals surface area contributed by atoms with Crippen molar-refractivity contribution in [3.05, 3.63) is 23.8 Å². The summed E-state index contributed by atoms with van der Waals surface area (Å²) in [6.45, 7) is 3.75. The third kappa shape index (κ3) is 3.65. The van der Waals surface area contributed by atoms with Crippen molar-refractivity contribution in [2.75, 3.05) is 0 Å². The zero-order valence-corrected chi connectivity index (χ0v) is 9.10. The van der Waals surface area contributed by atoms with E-state index in [4.69, 9.17) is 5.11 Å². The van der Waals surface area contributed by atoms with E-state index in [1.807, 2.05) is 6.07 Å². The van der Waals surface area contributed by atoms with Gasteiger partial charge in [0.2, 0.25) is 0 Å². The van der Waals surface area contributed by atoms with Crippen LogP contribution in [0.2, 0.25) is 0 Å². The number of aryl methyl sites for hydroxylation is 1. The highest BCUT2D eigenvalue weighted by Crippen LogP contribution is 2.05. The fraction of sp³-hybridized carbons (Fsp3) is 0.545. The molecule has 1 heterocycles. The van der Waals surface area contributed by atoms with Crippen molar-refractivity contribution in [2.45, 2.75) is 33.1 Å². The van der Waals surface area contributed by atoms with E-state index in [0.29, 0.717) is 12.2 Å². The summed E-state index contributed by atoms with van der Waals surface area (Å²) < 4.78 is 0. The first kappa shape index (κ1) is 11.6. The monoisotopic (exact) mass is 208 g/mol. The normalized spacial score (nSPS) is 12.4. The molecule has 0 saturated carbocycles. The fourth-order valence-electron chi connectivity index (χ4n) is 1.30. The third-order valence-electron chi connectivity index (χ3n) is 2.18. The lowest BCUT2D eigenvalue weighted by Crippen LogP contribution is -2.14. The Morgan fingerprint density at radius 1 is 1.60 bits per heavy atom. The Hall–Kier alpha value is -1.45. The molecule has 1 atom stereocenters. The van der Waals surface area contributed by atoms with Crippen molar-refractivity contribution in [3.63, 3.8) is 0 Å². The molecule has 0 fully saturated rings. The van der Waals surface area contributed by atoms with Crippen LogP contribution in [0.4, 0.5) is 0 Å². The molecule has 0 saturated heterocycles. The van der Waals surface area contributed by atoms with Gasteiger partial charge >= 0.3 is 5.97 Å². The Labute approximate surface area is 89.4 Å². The summed E-state index contributed by atoms with van der Waals surface area (Å²) in [7, 11) is 0.